The Hall–Kier alpha value is -2.35. The van der Waals surface area contributed by atoms with Crippen LogP contribution in [0.5, 0.6) is 0 Å². The summed E-state index contributed by atoms with van der Waals surface area (Å²) in [5, 5.41) is 34.3. The minimum Gasteiger partial charge on any atom is -0.405 e. The van der Waals surface area contributed by atoms with E-state index in [-0.39, 0.29) is 30.8 Å². The first-order valence-electron chi connectivity index (χ1n) is 14.4. The lowest BCUT2D eigenvalue weighted by atomic mass is 9.86. The van der Waals surface area contributed by atoms with E-state index in [9.17, 15) is 15.0 Å². The van der Waals surface area contributed by atoms with Crippen LogP contribution >= 0.6 is 34.8 Å². The maximum absolute atomic E-state index is 12.9. The summed E-state index contributed by atoms with van der Waals surface area (Å²) in [5.74, 6) is -3.11. The lowest BCUT2D eigenvalue weighted by Crippen LogP contribution is -2.78. The molecule has 14 heteroatoms. The van der Waals surface area contributed by atoms with Crippen LogP contribution in [0, 0.1) is 0 Å². The van der Waals surface area contributed by atoms with Crippen LogP contribution in [-0.2, 0) is 14.0 Å². The zero-order valence-electron chi connectivity index (χ0n) is 25.0. The first-order valence-corrected chi connectivity index (χ1v) is 17.4. The van der Waals surface area contributed by atoms with E-state index < -0.39 is 47.7 Å². The molecule has 4 atom stereocenters. The Balaban J connectivity index is 1.64. The molecule has 238 valence electrons. The number of carbonyl (C=O) groups excluding carboxylic acids is 1. The van der Waals surface area contributed by atoms with Crippen molar-refractivity contribution in [3.05, 3.63) is 73.1 Å². The van der Waals surface area contributed by atoms with Crippen LogP contribution in [-0.4, -0.2) is 88.5 Å². The predicted molar refractivity (Wildman–Crippen MR) is 174 cm³/mol. The highest BCUT2D eigenvalue weighted by Gasteiger charge is 2.74. The molecular formula is C30H38Cl3N5O5Si. The van der Waals surface area contributed by atoms with Crippen molar-refractivity contribution in [1.29, 1.82) is 0 Å². The average molecular weight is 683 g/mol. The number of ether oxygens (including phenoxy) is 1. The van der Waals surface area contributed by atoms with Gasteiger partial charge in [0.15, 0.2) is 5.66 Å². The molecule has 3 aliphatic rings. The Morgan fingerprint density at radius 1 is 1.11 bits per heavy atom. The molecular weight excluding hydrogens is 645 g/mol. The van der Waals surface area contributed by atoms with Crippen LogP contribution in [0.1, 0.15) is 27.7 Å². The van der Waals surface area contributed by atoms with Gasteiger partial charge in [-0.3, -0.25) is 10.1 Å². The zero-order valence-corrected chi connectivity index (χ0v) is 28.2. The summed E-state index contributed by atoms with van der Waals surface area (Å²) in [7, 11) is -3.03. The number of aliphatic imine (C=N–C) groups is 1. The van der Waals surface area contributed by atoms with Gasteiger partial charge in [0.2, 0.25) is 11.7 Å². The van der Waals surface area contributed by atoms with Crippen molar-refractivity contribution >= 4 is 65.4 Å². The van der Waals surface area contributed by atoms with Gasteiger partial charge in [-0.1, -0.05) is 123 Å². The van der Waals surface area contributed by atoms with Gasteiger partial charge in [-0.15, -0.1) is 0 Å². The van der Waals surface area contributed by atoms with Gasteiger partial charge in [0, 0.05) is 6.61 Å². The molecule has 3 aliphatic heterocycles. The van der Waals surface area contributed by atoms with Crippen LogP contribution in [0.3, 0.4) is 0 Å². The molecule has 0 bridgehead atoms. The molecule has 3 heterocycles. The van der Waals surface area contributed by atoms with E-state index in [0.717, 1.165) is 10.4 Å². The van der Waals surface area contributed by atoms with E-state index in [0.29, 0.717) is 5.82 Å². The van der Waals surface area contributed by atoms with Gasteiger partial charge in [-0.2, -0.15) is 0 Å². The molecule has 1 amide bonds. The quantitative estimate of drug-likeness (QED) is 0.170. The van der Waals surface area contributed by atoms with Gasteiger partial charge in [-0.25, -0.2) is 4.99 Å². The first-order chi connectivity index (χ1) is 20.6. The molecule has 0 aliphatic carbocycles. The molecule has 5 N–H and O–H groups in total. The highest BCUT2D eigenvalue weighted by atomic mass is 35.6. The average Bonchev–Trinajstić information content (AvgIpc) is 3.43. The smallest absolute Gasteiger partial charge is 0.278 e. The van der Waals surface area contributed by atoms with E-state index in [1.54, 1.807) is 6.92 Å². The van der Waals surface area contributed by atoms with Gasteiger partial charge in [0.25, 0.3) is 18.0 Å². The van der Waals surface area contributed by atoms with Crippen molar-refractivity contribution < 1.29 is 24.2 Å². The molecule has 1 unspecified atom stereocenters. The summed E-state index contributed by atoms with van der Waals surface area (Å²) in [6.07, 6.45) is -1.08. The number of carbonyl (C=O) groups is 1. The van der Waals surface area contributed by atoms with E-state index in [1.807, 2.05) is 36.4 Å². The second-order valence-corrected chi connectivity index (χ2v) is 18.8. The first kappa shape index (κ1) is 33.0. The minimum atomic E-state index is -3.03. The number of nitrogens with zero attached hydrogens (tertiary/aromatic N) is 2. The van der Waals surface area contributed by atoms with Gasteiger partial charge in [0.1, 0.15) is 12.1 Å². The lowest BCUT2D eigenvalue weighted by Gasteiger charge is -2.50. The summed E-state index contributed by atoms with van der Waals surface area (Å²) >= 11 is 17.8. The fourth-order valence-electron chi connectivity index (χ4n) is 6.75. The number of halogens is 3. The van der Waals surface area contributed by atoms with Gasteiger partial charge in [0.05, 0.1) is 25.0 Å². The Labute approximate surface area is 273 Å². The van der Waals surface area contributed by atoms with Gasteiger partial charge >= 0.3 is 0 Å². The maximum atomic E-state index is 12.9. The van der Waals surface area contributed by atoms with Crippen LogP contribution in [0.15, 0.2) is 78.1 Å². The zero-order chi connectivity index (χ0) is 32.1. The SMILES string of the molecule is C=C1N[C@H]2[C@H](CO[Si](c3ccccc3)(c3ccccc3)C(C)(C)C)N=C(NC(=O)C(Cl)(Cl)Cl)N3C[C@H](OCC)C(O)(O)C23N1. The molecule has 2 fully saturated rings. The predicted octanol–water partition coefficient (Wildman–Crippen LogP) is 1.92. The maximum Gasteiger partial charge on any atom is 0.278 e. The van der Waals surface area contributed by atoms with Crippen molar-refractivity contribution in [1.82, 2.24) is 20.9 Å². The minimum absolute atomic E-state index is 0.0210. The monoisotopic (exact) mass is 681 g/mol. The van der Waals surface area contributed by atoms with Crippen LogP contribution in [0.2, 0.25) is 5.04 Å². The molecule has 0 saturated carbocycles. The Morgan fingerprint density at radius 2 is 1.68 bits per heavy atom. The van der Waals surface area contributed by atoms with Crippen molar-refractivity contribution in [3.8, 4) is 0 Å². The van der Waals surface area contributed by atoms with Crippen molar-refractivity contribution in [3.63, 3.8) is 0 Å². The normalized spacial score (nSPS) is 26.3. The number of nitrogens with one attached hydrogen (secondary N) is 3. The van der Waals surface area contributed by atoms with Crippen molar-refractivity contribution in [2.75, 3.05) is 19.8 Å². The lowest BCUT2D eigenvalue weighted by molar-refractivity contribution is -0.266. The number of hydrogen-bond donors (Lipinski definition) is 5. The molecule has 2 aromatic carbocycles. The summed E-state index contributed by atoms with van der Waals surface area (Å²) in [6.45, 7) is 12.5. The summed E-state index contributed by atoms with van der Waals surface area (Å²) < 4.78 is 10.7. The number of amides is 1. The number of aliphatic hydroxyl groups is 2. The molecule has 10 nitrogen and oxygen atoms in total. The fraction of sp³-hybridized carbons (Fsp3) is 0.467. The van der Waals surface area contributed by atoms with E-state index in [1.165, 1.54) is 4.90 Å². The van der Waals surface area contributed by atoms with Gasteiger partial charge < -0.3 is 34.9 Å². The highest BCUT2D eigenvalue weighted by Crippen LogP contribution is 2.46. The molecule has 5 rings (SSSR count). The molecule has 2 saturated heterocycles. The second-order valence-electron chi connectivity index (χ2n) is 12.2. The van der Waals surface area contributed by atoms with Crippen LogP contribution in [0.25, 0.3) is 0 Å². The fourth-order valence-corrected chi connectivity index (χ4v) is 11.5. The van der Waals surface area contributed by atoms with Crippen molar-refractivity contribution in [2.45, 2.75) is 66.2 Å². The van der Waals surface area contributed by atoms with E-state index >= 15 is 0 Å². The van der Waals surface area contributed by atoms with Gasteiger partial charge in [-0.05, 0) is 22.3 Å². The molecule has 44 heavy (non-hydrogen) atoms. The number of benzene rings is 2. The number of rotatable bonds is 7. The number of guanidine groups is 1. The van der Waals surface area contributed by atoms with E-state index in [2.05, 4.69) is 67.6 Å². The number of hydrogen-bond acceptors (Lipinski definition) is 9. The standard InChI is InChI=1S/C30H38Cl3N5O5Si/c1-6-42-23-17-38-26(36-25(39)30(31,32)33)35-22(24-28(38,29(23,40)41)37-19(2)34-24)18-43-44(27(3,4)5,20-13-9-7-10-14-20)21-15-11-8-12-16-21/h7-16,22-24,34,37,40-41H,2,6,17-18H2,1,3-5H3,(H,35,36,39)/t22-,23-,24-,28?/m0/s1. The third kappa shape index (κ3) is 5.31. The Kier molecular flexibility index (Phi) is 8.84. The molecule has 1 spiro atoms. The molecule has 2 aromatic rings. The van der Waals surface area contributed by atoms with Crippen molar-refractivity contribution in [2.24, 2.45) is 4.99 Å². The second kappa shape index (κ2) is 11.8. The van der Waals surface area contributed by atoms with Crippen LogP contribution in [0.4, 0.5) is 0 Å². The molecule has 0 aromatic heterocycles. The number of alkyl halides is 3. The van der Waals surface area contributed by atoms with Crippen LogP contribution < -0.4 is 26.3 Å². The topological polar surface area (TPSA) is 128 Å². The summed E-state index contributed by atoms with van der Waals surface area (Å²) in [6, 6.07) is 18.7. The summed E-state index contributed by atoms with van der Waals surface area (Å²) in [4.78, 5) is 19.3. The third-order valence-corrected chi connectivity index (χ3v) is 14.1. The Morgan fingerprint density at radius 3 is 2.18 bits per heavy atom. The summed E-state index contributed by atoms with van der Waals surface area (Å²) in [5.41, 5.74) is -1.67. The third-order valence-electron chi connectivity index (χ3n) is 8.57. The molecule has 0 radical (unpaired) electrons. The largest absolute Gasteiger partial charge is 0.405 e. The Bertz CT molecular complexity index is 1380. The highest BCUT2D eigenvalue weighted by molar-refractivity contribution is 6.99. The van der Waals surface area contributed by atoms with E-state index in [4.69, 9.17) is 49.0 Å².